The lowest BCUT2D eigenvalue weighted by molar-refractivity contribution is -0.838. The molecular formula is C21H25N4O4+. The minimum Gasteiger partial charge on any atom is -0.386 e. The first-order chi connectivity index (χ1) is 14.0. The number of amides is 2. The fourth-order valence-corrected chi connectivity index (χ4v) is 3.49. The van der Waals surface area contributed by atoms with E-state index in [-0.39, 0.29) is 11.9 Å². The lowest BCUT2D eigenvalue weighted by Crippen LogP contribution is -2.73. The van der Waals surface area contributed by atoms with E-state index in [0.717, 1.165) is 5.48 Å². The van der Waals surface area contributed by atoms with E-state index >= 15 is 0 Å². The molecule has 0 saturated carbocycles. The van der Waals surface area contributed by atoms with Crippen LogP contribution in [0.1, 0.15) is 17.3 Å². The second kappa shape index (κ2) is 9.31. The largest absolute Gasteiger partial charge is 0.386 e. The van der Waals surface area contributed by atoms with E-state index in [2.05, 4.69) is 5.32 Å². The number of nitrogens with one attached hydrogen (secondary N) is 1. The average molecular weight is 397 g/mol. The van der Waals surface area contributed by atoms with Crippen molar-refractivity contribution in [3.05, 3.63) is 71.6 Å². The number of nitrogens with zero attached hydrogens (tertiary/aromatic N) is 2. The highest BCUT2D eigenvalue weighted by Gasteiger charge is 2.35. The van der Waals surface area contributed by atoms with Crippen LogP contribution in [0.2, 0.25) is 0 Å². The summed E-state index contributed by atoms with van der Waals surface area (Å²) in [6, 6.07) is 8.76. The third-order valence-corrected chi connectivity index (χ3v) is 5.01. The Balaban J connectivity index is 1.65. The van der Waals surface area contributed by atoms with E-state index in [1.54, 1.807) is 35.4 Å². The van der Waals surface area contributed by atoms with Crippen LogP contribution in [0.4, 0.5) is 0 Å². The number of quaternary nitrogens is 1. The van der Waals surface area contributed by atoms with Gasteiger partial charge in [-0.05, 0) is 30.7 Å². The lowest BCUT2D eigenvalue weighted by atomic mass is 10.0. The summed E-state index contributed by atoms with van der Waals surface area (Å²) in [4.78, 5) is 41.5. The molecule has 1 aromatic carbocycles. The minimum absolute atomic E-state index is 0.0729. The predicted octanol–water partition coefficient (Wildman–Crippen LogP) is -0.192. The number of nitrogens with two attached hydrogens (primary N) is 1. The third kappa shape index (κ3) is 4.61. The zero-order valence-electron chi connectivity index (χ0n) is 16.2. The Labute approximate surface area is 169 Å². The van der Waals surface area contributed by atoms with Crippen molar-refractivity contribution in [1.82, 2.24) is 15.1 Å². The van der Waals surface area contributed by atoms with Crippen LogP contribution < -0.4 is 10.8 Å². The molecule has 29 heavy (non-hydrogen) atoms. The van der Waals surface area contributed by atoms with Crippen molar-refractivity contribution in [3.63, 3.8) is 0 Å². The molecule has 3 rings (SSSR count). The molecule has 1 saturated heterocycles. The molecule has 0 radical (unpaired) electrons. The molecule has 2 aliphatic rings. The molecule has 8 nitrogen and oxygen atoms in total. The van der Waals surface area contributed by atoms with Gasteiger partial charge in [0.25, 0.3) is 17.6 Å². The monoisotopic (exact) mass is 397 g/mol. The first kappa shape index (κ1) is 20.5. The summed E-state index contributed by atoms with van der Waals surface area (Å²) in [7, 11) is 0. The summed E-state index contributed by atoms with van der Waals surface area (Å²) in [5, 5.41) is 11.7. The number of piperazine rings is 1. The molecule has 1 atom stereocenters. The zero-order chi connectivity index (χ0) is 20.8. The van der Waals surface area contributed by atoms with Crippen LogP contribution in [0.3, 0.4) is 0 Å². The Kier molecular flexibility index (Phi) is 6.58. The maximum atomic E-state index is 12.8. The van der Waals surface area contributed by atoms with Gasteiger partial charge in [0.05, 0.1) is 0 Å². The Morgan fingerprint density at radius 2 is 1.97 bits per heavy atom. The first-order valence-electron chi connectivity index (χ1n) is 9.49. The zero-order valence-corrected chi connectivity index (χ0v) is 16.2. The van der Waals surface area contributed by atoms with Gasteiger partial charge in [0.1, 0.15) is 6.20 Å². The number of hydroxylamine groups is 1. The molecular weight excluding hydrogens is 372 g/mol. The van der Waals surface area contributed by atoms with E-state index < -0.39 is 11.7 Å². The molecule has 0 bridgehead atoms. The second-order valence-corrected chi connectivity index (χ2v) is 6.96. The molecule has 8 heteroatoms. The quantitative estimate of drug-likeness (QED) is 0.472. The van der Waals surface area contributed by atoms with Crippen LogP contribution in [0.15, 0.2) is 66.0 Å². The Morgan fingerprint density at radius 1 is 1.21 bits per heavy atom. The first-order valence-corrected chi connectivity index (χ1v) is 9.49. The van der Waals surface area contributed by atoms with Gasteiger partial charge in [-0.25, -0.2) is 5.21 Å². The van der Waals surface area contributed by atoms with Crippen LogP contribution >= 0.6 is 0 Å². The number of Topliss-reactive ketones (excluding diaryl/α,β-unsaturated/α-hetero) is 1. The number of carbonyl (C=O) groups excluding carboxylic acids is 3. The number of ketones is 1. The third-order valence-electron chi connectivity index (χ3n) is 5.01. The van der Waals surface area contributed by atoms with Crippen molar-refractivity contribution in [3.8, 4) is 0 Å². The average Bonchev–Trinajstić information content (AvgIpc) is 3.21. The standard InChI is InChI=1S/C21H24N4O4/c1-15-14-24(20(27)16-6-3-2-4-7-16)10-11-25(15)21(28)19(26)18-13-22-12-17(18)8-5-9-23-29/h2-9,13,15,22-23,29H,10-12,14H2,1H3/p+1/b9-5-,17-8+/t15-/m1/s1. The minimum atomic E-state index is -0.572. The fraction of sp³-hybridized carbons (Fsp3) is 0.286. The van der Waals surface area contributed by atoms with Gasteiger partial charge in [-0.2, -0.15) is 5.48 Å². The molecule has 0 unspecified atom stereocenters. The summed E-state index contributed by atoms with van der Waals surface area (Å²) < 4.78 is 0. The van der Waals surface area contributed by atoms with E-state index in [9.17, 15) is 14.4 Å². The highest BCUT2D eigenvalue weighted by Crippen LogP contribution is 2.19. The summed E-state index contributed by atoms with van der Waals surface area (Å²) in [6.07, 6.45) is 6.26. The molecule has 4 N–H and O–H groups in total. The topological polar surface area (TPSA) is 107 Å². The van der Waals surface area contributed by atoms with Gasteiger partial charge in [-0.15, -0.1) is 0 Å². The van der Waals surface area contributed by atoms with Crippen molar-refractivity contribution in [2.75, 3.05) is 26.2 Å². The Morgan fingerprint density at radius 3 is 2.66 bits per heavy atom. The molecule has 2 heterocycles. The van der Waals surface area contributed by atoms with Gasteiger partial charge < -0.3 is 15.1 Å². The van der Waals surface area contributed by atoms with Crippen molar-refractivity contribution in [1.29, 1.82) is 0 Å². The van der Waals surface area contributed by atoms with Crippen molar-refractivity contribution >= 4 is 17.6 Å². The molecule has 152 valence electrons. The van der Waals surface area contributed by atoms with Crippen LogP contribution in [-0.4, -0.2) is 64.8 Å². The molecule has 1 fully saturated rings. The highest BCUT2D eigenvalue weighted by atomic mass is 16.5. The number of rotatable bonds is 5. The van der Waals surface area contributed by atoms with Crippen molar-refractivity contribution in [2.24, 2.45) is 0 Å². The van der Waals surface area contributed by atoms with Gasteiger partial charge in [-0.1, -0.05) is 24.3 Å². The summed E-state index contributed by atoms with van der Waals surface area (Å²) in [5.41, 5.74) is 2.52. The van der Waals surface area contributed by atoms with E-state index in [4.69, 9.17) is 5.21 Å². The number of allylic oxidation sites excluding steroid dienone is 2. The van der Waals surface area contributed by atoms with Crippen molar-refractivity contribution < 1.29 is 25.1 Å². The number of carbonyl (C=O) groups is 3. The van der Waals surface area contributed by atoms with Gasteiger partial charge in [-0.3, -0.25) is 14.4 Å². The fourth-order valence-electron chi connectivity index (χ4n) is 3.49. The number of hydrogen-bond acceptors (Lipinski definition) is 5. The van der Waals surface area contributed by atoms with Gasteiger partial charge in [0.2, 0.25) is 0 Å². The molecule has 0 aromatic heterocycles. The molecule has 1 aromatic rings. The predicted molar refractivity (Wildman–Crippen MR) is 106 cm³/mol. The summed E-state index contributed by atoms with van der Waals surface area (Å²) in [6.45, 7) is 3.35. The smallest absolute Gasteiger partial charge is 0.295 e. The summed E-state index contributed by atoms with van der Waals surface area (Å²) in [5.74, 6) is -1.21. The van der Waals surface area contributed by atoms with E-state index in [0.29, 0.717) is 42.9 Å². The maximum Gasteiger partial charge on any atom is 0.295 e. The van der Waals surface area contributed by atoms with Crippen LogP contribution in [0.5, 0.6) is 0 Å². The number of hydrogen-bond donors (Lipinski definition) is 3. The van der Waals surface area contributed by atoms with Crippen LogP contribution in [0.25, 0.3) is 0 Å². The Hall–Kier alpha value is -3.23. The maximum absolute atomic E-state index is 12.8. The van der Waals surface area contributed by atoms with Gasteiger partial charge >= 0.3 is 0 Å². The van der Waals surface area contributed by atoms with Crippen LogP contribution in [-0.2, 0) is 9.59 Å². The van der Waals surface area contributed by atoms with Gasteiger partial charge in [0, 0.05) is 49.6 Å². The molecule has 0 spiro atoms. The Bertz CT molecular complexity index is 876. The van der Waals surface area contributed by atoms with Gasteiger partial charge in [0.15, 0.2) is 0 Å². The SMILES string of the molecule is C[C@@H]1CN(C(=O)c2ccccc2)CCN1C(=O)C(=O)C1=CNC/C1=C\C=C/[NH2+]O. The van der Waals surface area contributed by atoms with E-state index in [1.807, 2.05) is 25.1 Å². The molecule has 2 aliphatic heterocycles. The molecule has 0 aliphatic carbocycles. The normalized spacial score (nSPS) is 20.7. The molecule has 2 amide bonds. The van der Waals surface area contributed by atoms with Crippen molar-refractivity contribution in [2.45, 2.75) is 13.0 Å². The lowest BCUT2D eigenvalue weighted by Gasteiger charge is -2.39. The highest BCUT2D eigenvalue weighted by molar-refractivity contribution is 6.43. The number of benzene rings is 1. The second-order valence-electron chi connectivity index (χ2n) is 6.96. The van der Waals surface area contributed by atoms with E-state index in [1.165, 1.54) is 11.1 Å². The van der Waals surface area contributed by atoms with Crippen LogP contribution in [0, 0.1) is 0 Å². The summed E-state index contributed by atoms with van der Waals surface area (Å²) >= 11 is 0.